The maximum absolute atomic E-state index is 11.0. The van der Waals surface area contributed by atoms with Crippen LogP contribution in [0.15, 0.2) is 0 Å². The monoisotopic (exact) mass is 226 g/mol. The zero-order valence-corrected chi connectivity index (χ0v) is 10.00. The van der Waals surface area contributed by atoms with Crippen molar-refractivity contribution in [3.05, 3.63) is 0 Å². The second-order valence-electron chi connectivity index (χ2n) is 4.80. The van der Waals surface area contributed by atoms with Crippen LogP contribution in [-0.2, 0) is 4.74 Å². The van der Waals surface area contributed by atoms with Crippen LogP contribution < -0.4 is 10.6 Å². The molecule has 0 aliphatic heterocycles. The Kier molecular flexibility index (Phi) is 4.04. The number of hydrogen-bond acceptors (Lipinski definition) is 3. The molecule has 2 aliphatic carbocycles. The van der Waals surface area contributed by atoms with Gasteiger partial charge in [0, 0.05) is 19.1 Å². The van der Waals surface area contributed by atoms with Crippen molar-refractivity contribution in [2.45, 2.75) is 38.6 Å². The lowest BCUT2D eigenvalue weighted by molar-refractivity contribution is 0.152. The number of hydrogen-bond donors (Lipinski definition) is 2. The molecule has 4 nitrogen and oxygen atoms in total. The van der Waals surface area contributed by atoms with Gasteiger partial charge in [-0.05, 0) is 44.4 Å². The van der Waals surface area contributed by atoms with Crippen molar-refractivity contribution < 1.29 is 9.53 Å². The Bertz CT molecular complexity index is 225. The molecule has 0 spiro atoms. The van der Waals surface area contributed by atoms with Gasteiger partial charge in [-0.15, -0.1) is 0 Å². The van der Waals surface area contributed by atoms with Crippen molar-refractivity contribution in [3.8, 4) is 0 Å². The van der Waals surface area contributed by atoms with E-state index in [0.717, 1.165) is 18.4 Å². The molecule has 0 aromatic carbocycles. The Morgan fingerprint density at radius 3 is 2.38 bits per heavy atom. The van der Waals surface area contributed by atoms with Crippen LogP contribution in [0.5, 0.6) is 0 Å². The number of amides is 1. The molecule has 1 amide bonds. The Hall–Kier alpha value is -0.770. The highest BCUT2D eigenvalue weighted by molar-refractivity contribution is 5.66. The topological polar surface area (TPSA) is 50.4 Å². The number of nitrogens with one attached hydrogen (secondary N) is 2. The maximum Gasteiger partial charge on any atom is 0.407 e. The molecule has 0 bridgehead atoms. The predicted octanol–water partition coefficient (Wildman–Crippen LogP) is 1.51. The Morgan fingerprint density at radius 1 is 1.25 bits per heavy atom. The van der Waals surface area contributed by atoms with Crippen LogP contribution in [0.4, 0.5) is 4.79 Å². The average Bonchev–Trinajstić information content (AvgIpc) is 3.12. The summed E-state index contributed by atoms with van der Waals surface area (Å²) >= 11 is 0. The second kappa shape index (κ2) is 5.53. The minimum Gasteiger partial charge on any atom is -0.450 e. The van der Waals surface area contributed by atoms with Gasteiger partial charge in [-0.1, -0.05) is 0 Å². The molecule has 0 radical (unpaired) electrons. The van der Waals surface area contributed by atoms with Gasteiger partial charge in [-0.2, -0.15) is 0 Å². The van der Waals surface area contributed by atoms with Crippen molar-refractivity contribution in [1.82, 2.24) is 10.6 Å². The van der Waals surface area contributed by atoms with E-state index in [2.05, 4.69) is 10.6 Å². The third-order valence-corrected chi connectivity index (χ3v) is 3.31. The van der Waals surface area contributed by atoms with Crippen LogP contribution in [0.1, 0.15) is 32.6 Å². The number of alkyl carbamates (subject to hydrolysis) is 1. The Balaban J connectivity index is 1.54. The normalized spacial score (nSPS) is 19.9. The Labute approximate surface area is 97.1 Å². The fraction of sp³-hybridized carbons (Fsp3) is 0.917. The van der Waals surface area contributed by atoms with Crippen LogP contribution in [0.2, 0.25) is 0 Å². The van der Waals surface area contributed by atoms with Crippen LogP contribution in [0.25, 0.3) is 0 Å². The third kappa shape index (κ3) is 3.67. The number of ether oxygens (including phenoxy) is 1. The quantitative estimate of drug-likeness (QED) is 0.647. The molecule has 0 atom stereocenters. The van der Waals surface area contributed by atoms with E-state index >= 15 is 0 Å². The average molecular weight is 226 g/mol. The maximum atomic E-state index is 11.0. The molecule has 2 N–H and O–H groups in total. The second-order valence-corrected chi connectivity index (χ2v) is 4.80. The van der Waals surface area contributed by atoms with Gasteiger partial charge in [0.05, 0.1) is 6.61 Å². The highest BCUT2D eigenvalue weighted by Gasteiger charge is 2.40. The molecule has 4 heteroatoms. The summed E-state index contributed by atoms with van der Waals surface area (Å²) in [4.78, 5) is 11.0. The molecule has 2 aliphatic rings. The van der Waals surface area contributed by atoms with E-state index in [1.165, 1.54) is 25.7 Å². The molecule has 2 rings (SSSR count). The van der Waals surface area contributed by atoms with Crippen molar-refractivity contribution in [2.75, 3.05) is 19.7 Å². The minimum absolute atomic E-state index is 0.307. The lowest BCUT2D eigenvalue weighted by Crippen LogP contribution is -2.39. The van der Waals surface area contributed by atoms with E-state index in [1.54, 1.807) is 0 Å². The van der Waals surface area contributed by atoms with E-state index in [0.29, 0.717) is 19.2 Å². The summed E-state index contributed by atoms with van der Waals surface area (Å²) in [6.07, 6.45) is 5.25. The highest BCUT2D eigenvalue weighted by atomic mass is 16.5. The molecule has 0 heterocycles. The first-order valence-corrected chi connectivity index (χ1v) is 6.45. The number of rotatable bonds is 7. The molecule has 92 valence electrons. The van der Waals surface area contributed by atoms with Gasteiger partial charge in [0.1, 0.15) is 0 Å². The first-order valence-electron chi connectivity index (χ1n) is 6.45. The Morgan fingerprint density at radius 2 is 1.88 bits per heavy atom. The first kappa shape index (κ1) is 11.7. The summed E-state index contributed by atoms with van der Waals surface area (Å²) in [5.74, 6) is 1.82. The zero-order valence-electron chi connectivity index (χ0n) is 10.00. The zero-order chi connectivity index (χ0) is 11.4. The third-order valence-electron chi connectivity index (χ3n) is 3.31. The number of carbonyl (C=O) groups excluding carboxylic acids is 1. The van der Waals surface area contributed by atoms with Crippen molar-refractivity contribution in [1.29, 1.82) is 0 Å². The van der Waals surface area contributed by atoms with Gasteiger partial charge in [0.2, 0.25) is 0 Å². The van der Waals surface area contributed by atoms with Gasteiger partial charge in [0.15, 0.2) is 0 Å². The lowest BCUT2D eigenvalue weighted by Gasteiger charge is -2.17. The predicted molar refractivity (Wildman–Crippen MR) is 62.3 cm³/mol. The summed E-state index contributed by atoms with van der Waals surface area (Å²) in [5, 5.41) is 6.30. The molecule has 2 fully saturated rings. The molecule has 0 aromatic rings. The van der Waals surface area contributed by atoms with Crippen LogP contribution >= 0.6 is 0 Å². The van der Waals surface area contributed by atoms with Gasteiger partial charge in [-0.25, -0.2) is 4.79 Å². The first-order chi connectivity index (χ1) is 7.81. The van der Waals surface area contributed by atoms with Gasteiger partial charge in [0.25, 0.3) is 0 Å². The van der Waals surface area contributed by atoms with Gasteiger partial charge < -0.3 is 15.4 Å². The van der Waals surface area contributed by atoms with Crippen LogP contribution in [0.3, 0.4) is 0 Å². The number of carbonyl (C=O) groups is 1. The summed E-state index contributed by atoms with van der Waals surface area (Å²) in [6.45, 7) is 3.77. The van der Waals surface area contributed by atoms with E-state index < -0.39 is 0 Å². The summed E-state index contributed by atoms with van der Waals surface area (Å²) < 4.78 is 4.79. The van der Waals surface area contributed by atoms with Gasteiger partial charge in [-0.3, -0.25) is 0 Å². The van der Waals surface area contributed by atoms with Gasteiger partial charge >= 0.3 is 6.09 Å². The summed E-state index contributed by atoms with van der Waals surface area (Å²) in [6, 6.07) is 0.712. The molecular formula is C12H22N2O2. The van der Waals surface area contributed by atoms with Crippen molar-refractivity contribution in [2.24, 2.45) is 11.8 Å². The van der Waals surface area contributed by atoms with Crippen LogP contribution in [0, 0.1) is 11.8 Å². The standard InChI is InChI=1S/C12H22N2O2/c1-2-16-12(15)14-8-7-13-11(9-3-4-9)10-5-6-10/h9-11,13H,2-8H2,1H3,(H,14,15). The van der Waals surface area contributed by atoms with E-state index in [9.17, 15) is 4.79 Å². The fourth-order valence-corrected chi connectivity index (χ4v) is 2.21. The molecule has 0 saturated heterocycles. The molecule has 2 saturated carbocycles. The molecular weight excluding hydrogens is 204 g/mol. The molecule has 0 aromatic heterocycles. The largest absolute Gasteiger partial charge is 0.450 e. The highest BCUT2D eigenvalue weighted by Crippen LogP contribution is 2.44. The summed E-state index contributed by atoms with van der Waals surface area (Å²) in [7, 11) is 0. The fourth-order valence-electron chi connectivity index (χ4n) is 2.21. The smallest absolute Gasteiger partial charge is 0.407 e. The van der Waals surface area contributed by atoms with E-state index in [-0.39, 0.29) is 6.09 Å². The lowest BCUT2D eigenvalue weighted by atomic mass is 10.1. The SMILES string of the molecule is CCOC(=O)NCCNC(C1CC1)C1CC1. The molecule has 16 heavy (non-hydrogen) atoms. The van der Waals surface area contributed by atoms with E-state index in [1.807, 2.05) is 6.92 Å². The minimum atomic E-state index is -0.307. The molecule has 0 unspecified atom stereocenters. The van der Waals surface area contributed by atoms with E-state index in [4.69, 9.17) is 4.74 Å². The summed E-state index contributed by atoms with van der Waals surface area (Å²) in [5.41, 5.74) is 0. The van der Waals surface area contributed by atoms with Crippen molar-refractivity contribution >= 4 is 6.09 Å². The van der Waals surface area contributed by atoms with Crippen LogP contribution in [-0.4, -0.2) is 31.8 Å². The van der Waals surface area contributed by atoms with Crippen molar-refractivity contribution in [3.63, 3.8) is 0 Å².